The van der Waals surface area contributed by atoms with Crippen LogP contribution in [0.4, 0.5) is 17.6 Å². The number of nitrogens with one attached hydrogen (secondary N) is 1. The number of ether oxygens (including phenoxy) is 1. The number of rotatable bonds is 4. The normalized spacial score (nSPS) is 21.1. The minimum absolute atomic E-state index is 0.00130. The average molecular weight is 292 g/mol. The van der Waals surface area contributed by atoms with Crippen molar-refractivity contribution >= 4 is 0 Å². The van der Waals surface area contributed by atoms with Crippen LogP contribution >= 0.6 is 0 Å². The minimum atomic E-state index is -4.69. The molecule has 20 heavy (non-hydrogen) atoms. The molecule has 3 N–H and O–H groups in total. The maximum atomic E-state index is 13.5. The number of hydrogen-bond donors (Lipinski definition) is 2. The Morgan fingerprint density at radius 1 is 1.40 bits per heavy atom. The smallest absolute Gasteiger partial charge is 0.378 e. The molecule has 0 amide bonds. The van der Waals surface area contributed by atoms with Crippen LogP contribution in [0.3, 0.4) is 0 Å². The Labute approximate surface area is 114 Å². The Bertz CT molecular complexity index is 458. The molecule has 0 aliphatic carbocycles. The fraction of sp³-hybridized carbons (Fsp3) is 0.538. The summed E-state index contributed by atoms with van der Waals surface area (Å²) in [5, 5.41) is 0. The molecule has 3 nitrogen and oxygen atoms in total. The van der Waals surface area contributed by atoms with Gasteiger partial charge in [0, 0.05) is 12.6 Å². The van der Waals surface area contributed by atoms with Crippen molar-refractivity contribution in [2.45, 2.75) is 37.6 Å². The quantitative estimate of drug-likeness (QED) is 0.509. The lowest BCUT2D eigenvalue weighted by Crippen LogP contribution is -2.31. The topological polar surface area (TPSA) is 47.3 Å². The average Bonchev–Trinajstić information content (AvgIpc) is 2.87. The SMILES string of the molecule is NNC(CC1CCCO1)c1ccc(C(F)(F)F)c(F)c1. The van der Waals surface area contributed by atoms with E-state index in [1.54, 1.807) is 0 Å². The van der Waals surface area contributed by atoms with E-state index in [-0.39, 0.29) is 6.10 Å². The third kappa shape index (κ3) is 3.47. The van der Waals surface area contributed by atoms with E-state index in [0.29, 0.717) is 18.6 Å². The van der Waals surface area contributed by atoms with E-state index in [4.69, 9.17) is 10.6 Å². The van der Waals surface area contributed by atoms with Crippen LogP contribution in [0.25, 0.3) is 0 Å². The predicted molar refractivity (Wildman–Crippen MR) is 65.1 cm³/mol. The van der Waals surface area contributed by atoms with Crippen molar-refractivity contribution in [1.29, 1.82) is 0 Å². The van der Waals surface area contributed by atoms with Crippen LogP contribution in [-0.2, 0) is 10.9 Å². The van der Waals surface area contributed by atoms with Gasteiger partial charge in [-0.25, -0.2) is 4.39 Å². The monoisotopic (exact) mass is 292 g/mol. The molecule has 7 heteroatoms. The molecule has 1 aliphatic heterocycles. The highest BCUT2D eigenvalue weighted by Gasteiger charge is 2.34. The summed E-state index contributed by atoms with van der Waals surface area (Å²) < 4.78 is 56.5. The zero-order valence-corrected chi connectivity index (χ0v) is 10.7. The Morgan fingerprint density at radius 3 is 2.65 bits per heavy atom. The lowest BCUT2D eigenvalue weighted by atomic mass is 9.98. The van der Waals surface area contributed by atoms with Crippen molar-refractivity contribution in [3.63, 3.8) is 0 Å². The van der Waals surface area contributed by atoms with Gasteiger partial charge in [0.05, 0.1) is 11.7 Å². The molecule has 0 radical (unpaired) electrons. The lowest BCUT2D eigenvalue weighted by Gasteiger charge is -2.20. The highest BCUT2D eigenvalue weighted by atomic mass is 19.4. The summed E-state index contributed by atoms with van der Waals surface area (Å²) in [6, 6.07) is 2.42. The van der Waals surface area contributed by atoms with Crippen molar-refractivity contribution in [3.05, 3.63) is 35.1 Å². The van der Waals surface area contributed by atoms with Gasteiger partial charge in [0.2, 0.25) is 0 Å². The molecule has 1 saturated heterocycles. The van der Waals surface area contributed by atoms with Gasteiger partial charge in [0.15, 0.2) is 0 Å². The minimum Gasteiger partial charge on any atom is -0.378 e. The molecule has 0 spiro atoms. The first-order valence-corrected chi connectivity index (χ1v) is 6.36. The molecule has 1 aromatic rings. The van der Waals surface area contributed by atoms with Gasteiger partial charge in [-0.1, -0.05) is 6.07 Å². The second-order valence-electron chi connectivity index (χ2n) is 4.83. The summed E-state index contributed by atoms with van der Waals surface area (Å²) in [6.45, 7) is 0.670. The van der Waals surface area contributed by atoms with Crippen LogP contribution in [0, 0.1) is 5.82 Å². The van der Waals surface area contributed by atoms with Crippen molar-refractivity contribution in [1.82, 2.24) is 5.43 Å². The highest BCUT2D eigenvalue weighted by molar-refractivity contribution is 5.28. The molecule has 1 aromatic carbocycles. The van der Waals surface area contributed by atoms with Crippen molar-refractivity contribution in [3.8, 4) is 0 Å². The molecule has 2 unspecified atom stereocenters. The van der Waals surface area contributed by atoms with Gasteiger partial charge in [-0.15, -0.1) is 0 Å². The summed E-state index contributed by atoms with van der Waals surface area (Å²) in [5.41, 5.74) is 1.62. The van der Waals surface area contributed by atoms with E-state index < -0.39 is 23.6 Å². The summed E-state index contributed by atoms with van der Waals surface area (Å²) in [6.07, 6.45) is -2.37. The Kier molecular flexibility index (Phi) is 4.62. The fourth-order valence-corrected chi connectivity index (χ4v) is 2.37. The van der Waals surface area contributed by atoms with Crippen LogP contribution < -0.4 is 11.3 Å². The molecule has 112 valence electrons. The van der Waals surface area contributed by atoms with E-state index >= 15 is 0 Å². The molecule has 0 bridgehead atoms. The maximum Gasteiger partial charge on any atom is 0.419 e. The number of hydrazine groups is 1. The summed E-state index contributed by atoms with van der Waals surface area (Å²) in [5.74, 6) is 4.12. The van der Waals surface area contributed by atoms with Crippen LogP contribution in [0.15, 0.2) is 18.2 Å². The van der Waals surface area contributed by atoms with Crippen LogP contribution in [0.2, 0.25) is 0 Å². The molecular weight excluding hydrogens is 276 g/mol. The number of hydrogen-bond acceptors (Lipinski definition) is 3. The molecule has 2 atom stereocenters. The van der Waals surface area contributed by atoms with Crippen molar-refractivity contribution in [2.75, 3.05) is 6.61 Å². The van der Waals surface area contributed by atoms with Gasteiger partial charge in [0.1, 0.15) is 5.82 Å². The molecular formula is C13H16F4N2O. The third-order valence-electron chi connectivity index (χ3n) is 3.42. The molecule has 0 saturated carbocycles. The molecule has 2 rings (SSSR count). The van der Waals surface area contributed by atoms with Gasteiger partial charge in [0.25, 0.3) is 0 Å². The maximum absolute atomic E-state index is 13.5. The molecule has 0 aromatic heterocycles. The van der Waals surface area contributed by atoms with E-state index in [1.165, 1.54) is 6.07 Å². The highest BCUT2D eigenvalue weighted by Crippen LogP contribution is 2.33. The largest absolute Gasteiger partial charge is 0.419 e. The van der Waals surface area contributed by atoms with Gasteiger partial charge >= 0.3 is 6.18 Å². The molecule has 1 aliphatic rings. The van der Waals surface area contributed by atoms with Gasteiger partial charge < -0.3 is 4.74 Å². The summed E-state index contributed by atoms with van der Waals surface area (Å²) in [7, 11) is 0. The molecule has 1 heterocycles. The van der Waals surface area contributed by atoms with E-state index in [0.717, 1.165) is 25.0 Å². The van der Waals surface area contributed by atoms with Gasteiger partial charge in [-0.2, -0.15) is 13.2 Å². The number of halogens is 4. The van der Waals surface area contributed by atoms with Gasteiger partial charge in [-0.05, 0) is 37.0 Å². The predicted octanol–water partition coefficient (Wildman–Crippen LogP) is 2.92. The Hall–Kier alpha value is -1.18. The first-order chi connectivity index (χ1) is 9.41. The summed E-state index contributed by atoms with van der Waals surface area (Å²) in [4.78, 5) is 0. The second kappa shape index (κ2) is 6.07. The third-order valence-corrected chi connectivity index (χ3v) is 3.42. The second-order valence-corrected chi connectivity index (χ2v) is 4.83. The standard InChI is InChI=1S/C13H16F4N2O/c14-11-6-8(3-4-10(11)13(15,16)17)12(19-18)7-9-2-1-5-20-9/h3-4,6,9,12,19H,1-2,5,7,18H2. The van der Waals surface area contributed by atoms with E-state index in [1.807, 2.05) is 0 Å². The Balaban J connectivity index is 2.15. The number of benzene rings is 1. The Morgan fingerprint density at radius 2 is 2.15 bits per heavy atom. The van der Waals surface area contributed by atoms with Crippen LogP contribution in [0.1, 0.15) is 36.4 Å². The number of nitrogens with two attached hydrogens (primary N) is 1. The first-order valence-electron chi connectivity index (χ1n) is 6.36. The first kappa shape index (κ1) is 15.2. The van der Waals surface area contributed by atoms with Crippen LogP contribution in [0.5, 0.6) is 0 Å². The van der Waals surface area contributed by atoms with Gasteiger partial charge in [-0.3, -0.25) is 11.3 Å². The zero-order valence-electron chi connectivity index (χ0n) is 10.7. The summed E-state index contributed by atoms with van der Waals surface area (Å²) >= 11 is 0. The van der Waals surface area contributed by atoms with Crippen molar-refractivity contribution < 1.29 is 22.3 Å². The molecule has 1 fully saturated rings. The van der Waals surface area contributed by atoms with Crippen LogP contribution in [-0.4, -0.2) is 12.7 Å². The zero-order chi connectivity index (χ0) is 14.8. The van der Waals surface area contributed by atoms with Crippen molar-refractivity contribution in [2.24, 2.45) is 5.84 Å². The van der Waals surface area contributed by atoms with E-state index in [2.05, 4.69) is 5.43 Å². The lowest BCUT2D eigenvalue weighted by molar-refractivity contribution is -0.140. The number of alkyl halides is 3. The fourth-order valence-electron chi connectivity index (χ4n) is 2.37. The van der Waals surface area contributed by atoms with E-state index in [9.17, 15) is 17.6 Å².